The number of aromatic nitrogens is 1. The molecule has 8 heteroatoms. The third kappa shape index (κ3) is 5.19. The van der Waals surface area contributed by atoms with Gasteiger partial charge in [0.1, 0.15) is 0 Å². The SMILES string of the molecule is O=C(CSc1cn(Cc2ccc(Br)cc2)c2ccccc12)Nc1ccccc1C(F)(F)F. The second-order valence-electron chi connectivity index (χ2n) is 7.15. The Bertz CT molecular complexity index is 1250. The van der Waals surface area contributed by atoms with E-state index in [9.17, 15) is 18.0 Å². The molecule has 0 spiro atoms. The highest BCUT2D eigenvalue weighted by atomic mass is 79.9. The Balaban J connectivity index is 1.50. The number of nitrogens with zero attached hydrogens (tertiary/aromatic N) is 1. The standard InChI is InChI=1S/C24H18BrF3N2OS/c25-17-11-9-16(10-12-17)13-30-14-22(18-5-1-4-8-21(18)30)32-15-23(31)29-20-7-3-2-6-19(20)24(26,27)28/h1-12,14H,13,15H2,(H,29,31). The number of para-hydroxylation sites is 2. The van der Waals surface area contributed by atoms with Gasteiger partial charge in [-0.25, -0.2) is 0 Å². The lowest BCUT2D eigenvalue weighted by Gasteiger charge is -2.13. The first-order valence-corrected chi connectivity index (χ1v) is 11.5. The molecule has 0 radical (unpaired) electrons. The summed E-state index contributed by atoms with van der Waals surface area (Å²) < 4.78 is 42.6. The Hall–Kier alpha value is -2.71. The van der Waals surface area contributed by atoms with E-state index < -0.39 is 17.6 Å². The first-order valence-electron chi connectivity index (χ1n) is 9.72. The number of carbonyl (C=O) groups is 1. The topological polar surface area (TPSA) is 34.0 Å². The maximum atomic E-state index is 13.2. The minimum absolute atomic E-state index is 0.00151. The van der Waals surface area contributed by atoms with Gasteiger partial charge in [-0.2, -0.15) is 13.2 Å². The van der Waals surface area contributed by atoms with Crippen LogP contribution in [0.5, 0.6) is 0 Å². The predicted octanol–water partition coefficient (Wildman–Crippen LogP) is 7.20. The number of anilines is 1. The lowest BCUT2D eigenvalue weighted by molar-refractivity contribution is -0.137. The van der Waals surface area contributed by atoms with Crippen molar-refractivity contribution in [2.75, 3.05) is 11.1 Å². The molecule has 0 bridgehead atoms. The van der Waals surface area contributed by atoms with Gasteiger partial charge in [-0.1, -0.05) is 58.4 Å². The van der Waals surface area contributed by atoms with E-state index in [1.54, 1.807) is 0 Å². The number of thioether (sulfide) groups is 1. The van der Waals surface area contributed by atoms with Crippen molar-refractivity contribution in [2.24, 2.45) is 0 Å². The predicted molar refractivity (Wildman–Crippen MR) is 126 cm³/mol. The molecule has 0 fully saturated rings. The molecule has 0 aliphatic carbocycles. The van der Waals surface area contributed by atoms with Crippen LogP contribution in [-0.4, -0.2) is 16.2 Å². The molecule has 0 aliphatic heterocycles. The van der Waals surface area contributed by atoms with Crippen LogP contribution in [0, 0.1) is 0 Å². The van der Waals surface area contributed by atoms with E-state index in [1.165, 1.54) is 30.0 Å². The summed E-state index contributed by atoms with van der Waals surface area (Å²) in [6.45, 7) is 0.666. The second-order valence-corrected chi connectivity index (χ2v) is 9.08. The Morgan fingerprint density at radius 1 is 0.969 bits per heavy atom. The number of hydrogen-bond donors (Lipinski definition) is 1. The molecule has 164 valence electrons. The van der Waals surface area contributed by atoms with Crippen LogP contribution in [0.1, 0.15) is 11.1 Å². The van der Waals surface area contributed by atoms with E-state index in [0.29, 0.717) is 6.54 Å². The van der Waals surface area contributed by atoms with Crippen molar-refractivity contribution in [3.8, 4) is 0 Å². The fourth-order valence-corrected chi connectivity index (χ4v) is 4.57. The molecule has 4 rings (SSSR count). The molecule has 32 heavy (non-hydrogen) atoms. The maximum absolute atomic E-state index is 13.2. The van der Waals surface area contributed by atoms with E-state index in [-0.39, 0.29) is 11.4 Å². The van der Waals surface area contributed by atoms with Crippen LogP contribution < -0.4 is 5.32 Å². The van der Waals surface area contributed by atoms with Crippen molar-refractivity contribution < 1.29 is 18.0 Å². The van der Waals surface area contributed by atoms with Gasteiger partial charge in [-0.05, 0) is 35.9 Å². The van der Waals surface area contributed by atoms with Gasteiger partial charge in [0.05, 0.1) is 17.0 Å². The summed E-state index contributed by atoms with van der Waals surface area (Å²) >= 11 is 4.74. The fourth-order valence-electron chi connectivity index (χ4n) is 3.41. The molecular weight excluding hydrogens is 501 g/mol. The minimum atomic E-state index is -4.53. The van der Waals surface area contributed by atoms with Crippen LogP contribution in [0.15, 0.2) is 88.4 Å². The number of hydrogen-bond acceptors (Lipinski definition) is 2. The first kappa shape index (κ1) is 22.5. The van der Waals surface area contributed by atoms with Crippen molar-refractivity contribution in [1.29, 1.82) is 0 Å². The molecule has 0 saturated heterocycles. The van der Waals surface area contributed by atoms with E-state index in [0.717, 1.165) is 31.9 Å². The fraction of sp³-hybridized carbons (Fsp3) is 0.125. The quantitative estimate of drug-likeness (QED) is 0.274. The number of benzene rings is 3. The second kappa shape index (κ2) is 9.42. The summed E-state index contributed by atoms with van der Waals surface area (Å²) in [5.41, 5.74) is 1.07. The highest BCUT2D eigenvalue weighted by Gasteiger charge is 2.33. The average molecular weight is 519 g/mol. The number of fused-ring (bicyclic) bond motifs is 1. The summed E-state index contributed by atoms with van der Waals surface area (Å²) in [6, 6.07) is 20.9. The lowest BCUT2D eigenvalue weighted by Crippen LogP contribution is -2.18. The van der Waals surface area contributed by atoms with Crippen LogP contribution >= 0.6 is 27.7 Å². The van der Waals surface area contributed by atoms with E-state index in [2.05, 4.69) is 25.8 Å². The number of alkyl halides is 3. The molecule has 1 aromatic heterocycles. The maximum Gasteiger partial charge on any atom is 0.418 e. The Morgan fingerprint density at radius 2 is 1.66 bits per heavy atom. The molecule has 0 atom stereocenters. The van der Waals surface area contributed by atoms with Gasteiger partial charge in [0, 0.05) is 33.0 Å². The highest BCUT2D eigenvalue weighted by molar-refractivity contribution is 9.10. The van der Waals surface area contributed by atoms with Crippen LogP contribution in [0.2, 0.25) is 0 Å². The van der Waals surface area contributed by atoms with Gasteiger partial charge >= 0.3 is 6.18 Å². The molecule has 0 saturated carbocycles. The van der Waals surface area contributed by atoms with Crippen molar-refractivity contribution in [1.82, 2.24) is 4.57 Å². The summed E-state index contributed by atoms with van der Waals surface area (Å²) in [6.07, 6.45) is -2.55. The van der Waals surface area contributed by atoms with E-state index >= 15 is 0 Å². The van der Waals surface area contributed by atoms with Crippen molar-refractivity contribution in [3.05, 3.63) is 94.6 Å². The molecule has 3 nitrogen and oxygen atoms in total. The largest absolute Gasteiger partial charge is 0.418 e. The summed E-state index contributed by atoms with van der Waals surface area (Å²) in [7, 11) is 0. The molecule has 0 unspecified atom stereocenters. The normalized spacial score (nSPS) is 11.6. The third-order valence-electron chi connectivity index (χ3n) is 4.88. The number of amides is 1. The monoisotopic (exact) mass is 518 g/mol. The number of halogens is 4. The van der Waals surface area contributed by atoms with Gasteiger partial charge in [0.25, 0.3) is 0 Å². The van der Waals surface area contributed by atoms with Crippen molar-refractivity contribution in [2.45, 2.75) is 17.6 Å². The van der Waals surface area contributed by atoms with Crippen LogP contribution in [0.3, 0.4) is 0 Å². The number of nitrogens with one attached hydrogen (secondary N) is 1. The van der Waals surface area contributed by atoms with Gasteiger partial charge < -0.3 is 9.88 Å². The zero-order valence-corrected chi connectivity index (χ0v) is 19.1. The molecule has 4 aromatic rings. The zero-order chi connectivity index (χ0) is 22.7. The summed E-state index contributed by atoms with van der Waals surface area (Å²) in [5, 5.41) is 3.39. The van der Waals surface area contributed by atoms with Gasteiger partial charge in [-0.15, -0.1) is 11.8 Å². The smallest absolute Gasteiger partial charge is 0.342 e. The first-order chi connectivity index (χ1) is 15.3. The third-order valence-corrected chi connectivity index (χ3v) is 6.46. The van der Waals surface area contributed by atoms with Gasteiger partial charge in [-0.3, -0.25) is 4.79 Å². The van der Waals surface area contributed by atoms with Crippen LogP contribution in [0.4, 0.5) is 18.9 Å². The van der Waals surface area contributed by atoms with Gasteiger partial charge in [0.15, 0.2) is 0 Å². The summed E-state index contributed by atoms with van der Waals surface area (Å²) in [5.74, 6) is -0.491. The van der Waals surface area contributed by atoms with Crippen molar-refractivity contribution >= 4 is 50.2 Å². The summed E-state index contributed by atoms with van der Waals surface area (Å²) in [4.78, 5) is 13.3. The molecule has 1 amide bonds. The van der Waals surface area contributed by atoms with Gasteiger partial charge in [0.2, 0.25) is 5.91 Å². The Kier molecular flexibility index (Phi) is 6.62. The molecule has 0 aliphatic rings. The van der Waals surface area contributed by atoms with Crippen molar-refractivity contribution in [3.63, 3.8) is 0 Å². The number of carbonyl (C=O) groups excluding carboxylic acids is 1. The van der Waals surface area contributed by atoms with E-state index in [1.807, 2.05) is 54.7 Å². The van der Waals surface area contributed by atoms with Crippen LogP contribution in [-0.2, 0) is 17.5 Å². The highest BCUT2D eigenvalue weighted by Crippen LogP contribution is 2.35. The number of rotatable bonds is 6. The Labute approximate surface area is 195 Å². The Morgan fingerprint density at radius 3 is 2.41 bits per heavy atom. The lowest BCUT2D eigenvalue weighted by atomic mass is 10.1. The molecule has 1 N–H and O–H groups in total. The molecule has 3 aromatic carbocycles. The van der Waals surface area contributed by atoms with E-state index in [4.69, 9.17) is 0 Å². The molecular formula is C24H18BrF3N2OS. The zero-order valence-electron chi connectivity index (χ0n) is 16.7. The minimum Gasteiger partial charge on any atom is -0.342 e. The molecule has 1 heterocycles. The van der Waals surface area contributed by atoms with Crippen LogP contribution in [0.25, 0.3) is 10.9 Å². The average Bonchev–Trinajstić information content (AvgIpc) is 3.11.